The Labute approximate surface area is 265 Å². The molecule has 0 fully saturated rings. The first kappa shape index (κ1) is 34.0. The largest absolute Gasteiger partial charge is 0.488 e. The topological polar surface area (TPSA) is 61.8 Å². The number of ether oxygens (including phenoxy) is 3. The summed E-state index contributed by atoms with van der Waals surface area (Å²) < 4.78 is 68.5. The first-order chi connectivity index (χ1) is 22.0. The molecule has 0 spiro atoms. The van der Waals surface area contributed by atoms with Crippen LogP contribution in [0, 0.1) is 11.7 Å². The lowest BCUT2D eigenvalue weighted by Crippen LogP contribution is -2.05. The highest BCUT2D eigenvalue weighted by Crippen LogP contribution is 2.30. The molecule has 0 aliphatic carbocycles. The summed E-state index contributed by atoms with van der Waals surface area (Å²) in [6.45, 7) is 0.0111. The summed E-state index contributed by atoms with van der Waals surface area (Å²) in [6.07, 6.45) is 2.33. The third-order valence-electron chi connectivity index (χ3n) is 7.55. The summed E-state index contributed by atoms with van der Waals surface area (Å²) in [7, 11) is 2.67. The molecule has 0 bridgehead atoms. The lowest BCUT2D eigenvalue weighted by atomic mass is 9.91. The van der Waals surface area contributed by atoms with Gasteiger partial charge in [0.2, 0.25) is 0 Å². The maximum atomic E-state index is 14.3. The van der Waals surface area contributed by atoms with Crippen LogP contribution in [0.1, 0.15) is 61.4 Å². The average Bonchev–Trinajstić information content (AvgIpc) is 3.07. The van der Waals surface area contributed by atoms with Crippen LogP contribution in [0.5, 0.6) is 5.75 Å². The zero-order valence-electron chi connectivity index (χ0n) is 25.5. The average molecular weight is 635 g/mol. The van der Waals surface area contributed by atoms with Gasteiger partial charge in [0.05, 0.1) is 30.9 Å². The Kier molecular flexibility index (Phi) is 11.7. The molecule has 4 aromatic carbocycles. The van der Waals surface area contributed by atoms with E-state index in [4.69, 9.17) is 14.2 Å². The highest BCUT2D eigenvalue weighted by molar-refractivity contribution is 5.89. The van der Waals surface area contributed by atoms with E-state index in [1.807, 2.05) is 30.3 Å². The summed E-state index contributed by atoms with van der Waals surface area (Å²) in [6, 6.07) is 23.3. The van der Waals surface area contributed by atoms with Gasteiger partial charge in [0, 0.05) is 5.56 Å². The van der Waals surface area contributed by atoms with Crippen molar-refractivity contribution in [2.75, 3.05) is 14.2 Å². The highest BCUT2D eigenvalue weighted by Gasteiger charge is 2.29. The molecule has 0 aromatic heterocycles. The van der Waals surface area contributed by atoms with Crippen molar-refractivity contribution in [3.8, 4) is 5.75 Å². The van der Waals surface area contributed by atoms with Crippen LogP contribution in [0.4, 0.5) is 17.6 Å². The molecule has 46 heavy (non-hydrogen) atoms. The Morgan fingerprint density at radius 1 is 0.717 bits per heavy atom. The van der Waals surface area contributed by atoms with Crippen molar-refractivity contribution >= 4 is 18.0 Å². The molecule has 0 radical (unpaired) electrons. The van der Waals surface area contributed by atoms with Gasteiger partial charge in [-0.25, -0.2) is 14.0 Å². The number of rotatable bonds is 13. The molecular weight excluding hydrogens is 600 g/mol. The maximum Gasteiger partial charge on any atom is 0.416 e. The van der Waals surface area contributed by atoms with Crippen LogP contribution < -0.4 is 4.74 Å². The first-order valence-electron chi connectivity index (χ1n) is 14.7. The van der Waals surface area contributed by atoms with E-state index >= 15 is 0 Å². The molecule has 0 saturated carbocycles. The van der Waals surface area contributed by atoms with Crippen LogP contribution in [-0.4, -0.2) is 26.2 Å². The predicted octanol–water partition coefficient (Wildman–Crippen LogP) is 8.89. The molecule has 0 amide bonds. The number of carbonyl (C=O) groups excluding carboxylic acids is 2. The molecule has 4 aromatic rings. The lowest BCUT2D eigenvalue weighted by Gasteiger charge is -2.15. The molecular formula is C37H34F4O5. The Morgan fingerprint density at radius 3 is 1.70 bits per heavy atom. The van der Waals surface area contributed by atoms with Crippen molar-refractivity contribution in [3.05, 3.63) is 142 Å². The Balaban J connectivity index is 1.49. The third-order valence-corrected chi connectivity index (χ3v) is 7.55. The van der Waals surface area contributed by atoms with Gasteiger partial charge in [-0.15, -0.1) is 0 Å². The second kappa shape index (κ2) is 15.9. The van der Waals surface area contributed by atoms with Crippen molar-refractivity contribution in [1.82, 2.24) is 0 Å². The first-order valence-corrected chi connectivity index (χ1v) is 14.7. The monoisotopic (exact) mass is 634 g/mol. The normalized spacial score (nSPS) is 11.5. The molecule has 0 unspecified atom stereocenters. The zero-order chi connectivity index (χ0) is 33.1. The van der Waals surface area contributed by atoms with Crippen LogP contribution in [0.2, 0.25) is 0 Å². The number of hydrogen-bond acceptors (Lipinski definition) is 5. The van der Waals surface area contributed by atoms with Gasteiger partial charge in [0.25, 0.3) is 0 Å². The third kappa shape index (κ3) is 9.79. The molecule has 0 N–H and O–H groups in total. The zero-order valence-corrected chi connectivity index (χ0v) is 25.5. The van der Waals surface area contributed by atoms with Crippen molar-refractivity contribution in [2.45, 2.75) is 38.5 Å². The fourth-order valence-corrected chi connectivity index (χ4v) is 4.86. The van der Waals surface area contributed by atoms with E-state index in [1.165, 1.54) is 44.6 Å². The maximum absolute atomic E-state index is 14.3. The molecule has 240 valence electrons. The summed E-state index contributed by atoms with van der Waals surface area (Å²) in [4.78, 5) is 23.6. The van der Waals surface area contributed by atoms with E-state index in [2.05, 4.69) is 0 Å². The summed E-state index contributed by atoms with van der Waals surface area (Å²) in [5.74, 6) is -0.803. The minimum absolute atomic E-state index is 0.0111. The van der Waals surface area contributed by atoms with Gasteiger partial charge in [-0.3, -0.25) is 0 Å². The standard InChI is InChI=1S/C37H34F4O5/c1-44-35(42)29-14-7-26(8-15-29)5-3-25(4-6-27-9-16-30(17-10-27)36(43)45-2)11-18-31-23-33(38)21-22-34(31)46-24-28-12-19-32(20-13-28)37(39,40)41/h7-23,25H,3-6,24H2,1-2H3. The van der Waals surface area contributed by atoms with Crippen LogP contribution in [0.15, 0.2) is 97.1 Å². The SMILES string of the molecule is COC(=O)c1ccc(CCC(C=Cc2cc(F)ccc2OCc2ccc(C(F)(F)F)cc2)CCc2ccc(C(=O)OC)cc2)cc1. The smallest absolute Gasteiger partial charge is 0.416 e. The minimum Gasteiger partial charge on any atom is -0.488 e. The van der Waals surface area contributed by atoms with Gasteiger partial charge >= 0.3 is 18.1 Å². The van der Waals surface area contributed by atoms with Crippen LogP contribution >= 0.6 is 0 Å². The van der Waals surface area contributed by atoms with Gasteiger partial charge in [-0.1, -0.05) is 48.6 Å². The second-order valence-corrected chi connectivity index (χ2v) is 10.7. The number of hydrogen-bond donors (Lipinski definition) is 0. The molecule has 0 heterocycles. The van der Waals surface area contributed by atoms with Gasteiger partial charge in [-0.2, -0.15) is 13.2 Å². The van der Waals surface area contributed by atoms with E-state index < -0.39 is 29.5 Å². The van der Waals surface area contributed by atoms with Crippen LogP contribution in [0.3, 0.4) is 0 Å². The molecule has 4 rings (SSSR count). The van der Waals surface area contributed by atoms with Gasteiger partial charge in [0.1, 0.15) is 18.2 Å². The number of halogens is 4. The number of aryl methyl sites for hydroxylation is 2. The van der Waals surface area contributed by atoms with Gasteiger partial charge in [0.15, 0.2) is 0 Å². The number of benzene rings is 4. The van der Waals surface area contributed by atoms with Crippen molar-refractivity contribution in [2.24, 2.45) is 5.92 Å². The van der Waals surface area contributed by atoms with Crippen LogP contribution in [0.25, 0.3) is 6.08 Å². The second-order valence-electron chi connectivity index (χ2n) is 10.7. The van der Waals surface area contributed by atoms with Crippen LogP contribution in [-0.2, 0) is 35.1 Å². The van der Waals surface area contributed by atoms with E-state index in [9.17, 15) is 27.2 Å². The summed E-state index contributed by atoms with van der Waals surface area (Å²) in [5.41, 5.74) is 3.32. The number of carbonyl (C=O) groups is 2. The van der Waals surface area contributed by atoms with Gasteiger partial charge < -0.3 is 14.2 Å². The fraction of sp³-hybridized carbons (Fsp3) is 0.243. The molecule has 0 atom stereocenters. The molecule has 0 aliphatic rings. The molecule has 9 heteroatoms. The summed E-state index contributed by atoms with van der Waals surface area (Å²) in [5, 5.41) is 0. The number of allylic oxidation sites excluding steroid dienone is 1. The lowest BCUT2D eigenvalue weighted by molar-refractivity contribution is -0.137. The van der Waals surface area contributed by atoms with Crippen molar-refractivity contribution in [3.63, 3.8) is 0 Å². The van der Waals surface area contributed by atoms with E-state index in [-0.39, 0.29) is 12.5 Å². The quantitative estimate of drug-likeness (QED) is 0.109. The summed E-state index contributed by atoms with van der Waals surface area (Å²) >= 11 is 0. The molecule has 0 saturated heterocycles. The van der Waals surface area contributed by atoms with E-state index in [0.717, 1.165) is 48.9 Å². The number of esters is 2. The highest BCUT2D eigenvalue weighted by atomic mass is 19.4. The van der Waals surface area contributed by atoms with E-state index in [0.29, 0.717) is 28.0 Å². The van der Waals surface area contributed by atoms with Crippen molar-refractivity contribution in [1.29, 1.82) is 0 Å². The molecule has 0 aliphatic heterocycles. The van der Waals surface area contributed by atoms with Crippen molar-refractivity contribution < 1.29 is 41.4 Å². The van der Waals surface area contributed by atoms with E-state index in [1.54, 1.807) is 30.3 Å². The number of methoxy groups -OCH3 is 2. The Bertz CT molecular complexity index is 1560. The number of alkyl halides is 3. The van der Waals surface area contributed by atoms with Gasteiger partial charge in [-0.05, 0) is 103 Å². The Morgan fingerprint density at radius 2 is 1.22 bits per heavy atom. The minimum atomic E-state index is -4.43. The Hall–Kier alpha value is -4.92. The predicted molar refractivity (Wildman–Crippen MR) is 167 cm³/mol. The molecule has 5 nitrogen and oxygen atoms in total. The fourth-order valence-electron chi connectivity index (χ4n) is 4.86.